The maximum absolute atomic E-state index is 10.9. The van der Waals surface area contributed by atoms with E-state index >= 15 is 0 Å². The van der Waals surface area contributed by atoms with E-state index in [1.54, 1.807) is 13.8 Å². The van der Waals surface area contributed by atoms with Crippen LogP contribution in [0.25, 0.3) is 0 Å². The molecule has 0 aliphatic carbocycles. The van der Waals surface area contributed by atoms with Crippen molar-refractivity contribution in [2.24, 2.45) is 0 Å². The summed E-state index contributed by atoms with van der Waals surface area (Å²) in [7, 11) is -4.64. The van der Waals surface area contributed by atoms with Gasteiger partial charge in [-0.2, -0.15) is 0 Å². The zero-order chi connectivity index (χ0) is 12.0. The first-order valence-electron chi connectivity index (χ1n) is 3.68. The Balaban J connectivity index is 0. The van der Waals surface area contributed by atoms with Gasteiger partial charge in [0.15, 0.2) is 11.8 Å². The number of rotatable bonds is 3. The van der Waals surface area contributed by atoms with Crippen LogP contribution in [-0.2, 0) is 4.57 Å². The van der Waals surface area contributed by atoms with E-state index in [2.05, 4.69) is 0 Å². The first-order chi connectivity index (χ1) is 5.98. The van der Waals surface area contributed by atoms with Crippen molar-refractivity contribution in [3.05, 3.63) is 5.21 Å². The van der Waals surface area contributed by atoms with Crippen molar-refractivity contribution in [1.29, 1.82) is 0 Å². The summed E-state index contributed by atoms with van der Waals surface area (Å²) in [5.74, 6) is 0. The number of hydroxylamine groups is 2. The van der Waals surface area contributed by atoms with Gasteiger partial charge in [-0.25, -0.2) is 4.57 Å². The Morgan fingerprint density at radius 3 is 1.86 bits per heavy atom. The molecule has 0 spiro atoms. The highest BCUT2D eigenvalue weighted by atomic mass is 35.5. The summed E-state index contributed by atoms with van der Waals surface area (Å²) in [5.41, 5.74) is 0. The molecule has 0 radical (unpaired) electrons. The number of hydrogen-bond acceptors (Lipinski definition) is 2. The van der Waals surface area contributed by atoms with Crippen LogP contribution in [0.3, 0.4) is 0 Å². The Morgan fingerprint density at radius 2 is 1.79 bits per heavy atom. The average molecular weight is 270 g/mol. The second-order valence-corrected chi connectivity index (χ2v) is 4.97. The van der Waals surface area contributed by atoms with E-state index in [4.69, 9.17) is 42.6 Å². The molecule has 6 nitrogen and oxygen atoms in total. The van der Waals surface area contributed by atoms with E-state index in [9.17, 15) is 5.21 Å². The molecule has 0 saturated carbocycles. The fourth-order valence-electron chi connectivity index (χ4n) is 0.505. The van der Waals surface area contributed by atoms with Crippen molar-refractivity contribution in [2.45, 2.75) is 19.2 Å². The van der Waals surface area contributed by atoms with Gasteiger partial charge < -0.3 is 19.9 Å². The SMILES string of the molecule is CC[N+]([O-])(Cl)CC(C)Cl.O=P(O)(O)O. The quantitative estimate of drug-likeness (QED) is 0.309. The highest BCUT2D eigenvalue weighted by Gasteiger charge is 2.13. The van der Waals surface area contributed by atoms with Gasteiger partial charge in [-0.15, -0.1) is 11.6 Å². The molecule has 0 saturated heterocycles. The molecule has 88 valence electrons. The number of hydrogen-bond donors (Lipinski definition) is 3. The molecular weight excluding hydrogens is 256 g/mol. The van der Waals surface area contributed by atoms with Gasteiger partial charge in [0.2, 0.25) is 0 Å². The third-order valence-electron chi connectivity index (χ3n) is 0.996. The van der Waals surface area contributed by atoms with Gasteiger partial charge in [-0.1, -0.05) is 0 Å². The minimum absolute atomic E-state index is 0.153. The Bertz CT molecular complexity index is 186. The molecule has 0 heterocycles. The van der Waals surface area contributed by atoms with Crippen molar-refractivity contribution in [3.63, 3.8) is 0 Å². The second-order valence-electron chi connectivity index (χ2n) is 2.58. The van der Waals surface area contributed by atoms with E-state index in [0.29, 0.717) is 6.54 Å². The van der Waals surface area contributed by atoms with Crippen molar-refractivity contribution in [2.75, 3.05) is 13.1 Å². The number of alkyl halides is 1. The predicted octanol–water partition coefficient (Wildman–Crippen LogP) is 1.17. The maximum atomic E-state index is 10.9. The third kappa shape index (κ3) is 22.9. The fraction of sp³-hybridized carbons (Fsp3) is 1.00. The summed E-state index contributed by atoms with van der Waals surface area (Å²) in [5, 5.41) is 10.7. The minimum Gasteiger partial charge on any atom is -0.613 e. The number of nitrogens with zero attached hydrogens (tertiary/aromatic N) is 1. The van der Waals surface area contributed by atoms with Crippen LogP contribution in [-0.4, -0.2) is 37.3 Å². The lowest BCUT2D eigenvalue weighted by atomic mass is 10.4. The van der Waals surface area contributed by atoms with Crippen LogP contribution >= 0.6 is 31.2 Å². The largest absolute Gasteiger partial charge is 0.613 e. The Morgan fingerprint density at radius 1 is 1.50 bits per heavy atom. The van der Waals surface area contributed by atoms with Crippen LogP contribution in [0, 0.1) is 5.21 Å². The van der Waals surface area contributed by atoms with Gasteiger partial charge in [0.25, 0.3) is 0 Å². The van der Waals surface area contributed by atoms with Gasteiger partial charge in [0.1, 0.15) is 6.54 Å². The second kappa shape index (κ2) is 6.98. The fourth-order valence-corrected chi connectivity index (χ4v) is 1.01. The number of quaternary nitrogens is 1. The van der Waals surface area contributed by atoms with Crippen LogP contribution in [0.5, 0.6) is 0 Å². The van der Waals surface area contributed by atoms with E-state index in [0.717, 1.165) is 0 Å². The molecule has 14 heavy (non-hydrogen) atoms. The highest BCUT2D eigenvalue weighted by Crippen LogP contribution is 2.25. The molecule has 0 aromatic rings. The smallest absolute Gasteiger partial charge is 0.466 e. The maximum Gasteiger partial charge on any atom is 0.466 e. The van der Waals surface area contributed by atoms with Gasteiger partial charge >= 0.3 is 7.82 Å². The Labute approximate surface area is 92.6 Å². The van der Waals surface area contributed by atoms with Gasteiger partial charge in [0.05, 0.1) is 11.9 Å². The first kappa shape index (κ1) is 17.0. The lowest BCUT2D eigenvalue weighted by Gasteiger charge is -2.32. The first-order valence-corrected chi connectivity index (χ1v) is 6.02. The zero-order valence-corrected chi connectivity index (χ0v) is 10.2. The van der Waals surface area contributed by atoms with E-state index in [1.165, 1.54) is 0 Å². The van der Waals surface area contributed by atoms with Crippen molar-refractivity contribution >= 4 is 31.2 Å². The molecule has 0 aliphatic heterocycles. The molecule has 3 N–H and O–H groups in total. The van der Waals surface area contributed by atoms with Crippen molar-refractivity contribution < 1.29 is 23.4 Å². The molecule has 9 heteroatoms. The molecule has 0 aromatic carbocycles. The zero-order valence-electron chi connectivity index (χ0n) is 7.80. The molecule has 0 rings (SSSR count). The molecule has 0 fully saturated rings. The number of phosphoric acid groups is 1. The molecular formula is C5H14Cl2NO5P. The van der Waals surface area contributed by atoms with Gasteiger partial charge in [-0.3, -0.25) is 4.17 Å². The monoisotopic (exact) mass is 269 g/mol. The summed E-state index contributed by atoms with van der Waals surface area (Å²) in [6, 6.07) is 0. The third-order valence-corrected chi connectivity index (χ3v) is 1.51. The van der Waals surface area contributed by atoms with Crippen LogP contribution < -0.4 is 0 Å². The van der Waals surface area contributed by atoms with Crippen LogP contribution in [0.2, 0.25) is 0 Å². The molecule has 0 aliphatic rings. The summed E-state index contributed by atoms with van der Waals surface area (Å²) in [4.78, 5) is 21.6. The molecule has 0 bridgehead atoms. The minimum atomic E-state index is -4.64. The Kier molecular flexibility index (Phi) is 8.48. The molecule has 2 unspecified atom stereocenters. The molecule has 2 atom stereocenters. The number of halogens is 2. The lowest BCUT2D eigenvalue weighted by molar-refractivity contribution is -0.759. The van der Waals surface area contributed by atoms with E-state index < -0.39 is 12.0 Å². The standard InChI is InChI=1S/C5H11Cl2NO.H3O4P/c1-3-8(7,9)4-5(2)6;1-5(2,3)4/h5H,3-4H2,1-2H3;(H3,1,2,3,4). The molecule has 0 aromatic heterocycles. The van der Waals surface area contributed by atoms with Gasteiger partial charge in [-0.05, 0) is 13.8 Å². The summed E-state index contributed by atoms with van der Waals surface area (Å²) >= 11 is 11.0. The summed E-state index contributed by atoms with van der Waals surface area (Å²) in [6.07, 6.45) is 0. The topological polar surface area (TPSA) is 101 Å². The summed E-state index contributed by atoms with van der Waals surface area (Å²) < 4.78 is 8.12. The van der Waals surface area contributed by atoms with Crippen LogP contribution in [0.1, 0.15) is 13.8 Å². The van der Waals surface area contributed by atoms with Crippen molar-refractivity contribution in [1.82, 2.24) is 0 Å². The van der Waals surface area contributed by atoms with Crippen LogP contribution in [0.4, 0.5) is 0 Å². The normalized spacial score (nSPS) is 17.7. The highest BCUT2D eigenvalue weighted by molar-refractivity contribution is 7.45. The average Bonchev–Trinajstić information content (AvgIpc) is 1.80. The lowest BCUT2D eigenvalue weighted by Crippen LogP contribution is -2.35. The predicted molar refractivity (Wildman–Crippen MR) is 54.5 cm³/mol. The van der Waals surface area contributed by atoms with Gasteiger partial charge in [0, 0.05) is 0 Å². The summed E-state index contributed by atoms with van der Waals surface area (Å²) in [6.45, 7) is 4.11. The Hall–Kier alpha value is 0.610. The van der Waals surface area contributed by atoms with Crippen molar-refractivity contribution in [3.8, 4) is 0 Å². The van der Waals surface area contributed by atoms with E-state index in [-0.39, 0.29) is 11.9 Å². The van der Waals surface area contributed by atoms with E-state index in [1.807, 2.05) is 0 Å². The van der Waals surface area contributed by atoms with Crippen LogP contribution in [0.15, 0.2) is 0 Å². The molecule has 0 amide bonds.